The predicted molar refractivity (Wildman–Crippen MR) is 158 cm³/mol. The van der Waals surface area contributed by atoms with Crippen molar-refractivity contribution in [2.45, 2.75) is 70.1 Å². The number of likely N-dealkylation sites (tertiary alicyclic amines) is 1. The molecule has 1 aliphatic rings. The normalized spacial score (nSPS) is 16.2. The van der Waals surface area contributed by atoms with Crippen LogP contribution in [0.15, 0.2) is 36.4 Å². The fourth-order valence-electron chi connectivity index (χ4n) is 4.51. The molecule has 0 bridgehead atoms. The van der Waals surface area contributed by atoms with Crippen molar-refractivity contribution in [3.05, 3.63) is 58.9 Å². The van der Waals surface area contributed by atoms with Crippen LogP contribution in [-0.2, 0) is 31.3 Å². The zero-order valence-corrected chi connectivity index (χ0v) is 26.5. The molecular formula is C29H35F6N5O10. The van der Waals surface area contributed by atoms with Crippen LogP contribution in [0, 0.1) is 13.8 Å². The largest absolute Gasteiger partial charge is 0.490 e. The van der Waals surface area contributed by atoms with Crippen LogP contribution in [0.5, 0.6) is 5.75 Å². The first kappa shape index (κ1) is 42.8. The lowest BCUT2D eigenvalue weighted by atomic mass is 9.89. The third kappa shape index (κ3) is 13.7. The summed E-state index contributed by atoms with van der Waals surface area (Å²) in [6, 6.07) is 10.0. The number of carbonyl (C=O) groups is 5. The summed E-state index contributed by atoms with van der Waals surface area (Å²) in [5.41, 5.74) is 10.3. The van der Waals surface area contributed by atoms with Crippen molar-refractivity contribution in [1.29, 1.82) is 0 Å². The maximum Gasteiger partial charge on any atom is 0.490 e. The Hall–Kier alpha value is -5.18. The summed E-state index contributed by atoms with van der Waals surface area (Å²) in [6.45, 7) is 4.72. The van der Waals surface area contributed by atoms with Crippen molar-refractivity contribution in [1.82, 2.24) is 20.7 Å². The second-order valence-electron chi connectivity index (χ2n) is 10.6. The highest BCUT2D eigenvalue weighted by Gasteiger charge is 2.48. The van der Waals surface area contributed by atoms with Crippen molar-refractivity contribution in [2.24, 2.45) is 5.73 Å². The number of carboxylic acids is 2. The van der Waals surface area contributed by atoms with Gasteiger partial charge in [-0.15, -0.1) is 0 Å². The number of nitrogens with one attached hydrogen (secondary N) is 2. The molecule has 2 heterocycles. The molecule has 21 heteroatoms. The maximum absolute atomic E-state index is 13.3. The van der Waals surface area contributed by atoms with E-state index < -0.39 is 53.8 Å². The number of hydrogen-bond acceptors (Lipinski definition) is 9. The van der Waals surface area contributed by atoms with Crippen LogP contribution in [-0.4, -0.2) is 91.7 Å². The highest BCUT2D eigenvalue weighted by atomic mass is 19.4. The van der Waals surface area contributed by atoms with Gasteiger partial charge in [0.15, 0.2) is 0 Å². The number of nitrogens with zero attached hydrogens (tertiary/aromatic N) is 2. The van der Waals surface area contributed by atoms with Gasteiger partial charge in [0.2, 0.25) is 5.91 Å². The van der Waals surface area contributed by atoms with Crippen LogP contribution >= 0.6 is 0 Å². The number of benzene rings is 1. The monoisotopic (exact) mass is 727 g/mol. The van der Waals surface area contributed by atoms with Gasteiger partial charge in [0.1, 0.15) is 23.9 Å². The standard InChI is InChI=1S/C25H33N5O6.2C2HF3O2/c1-16-13-18(14-17(2)28-16)15-36-20-8-6-19(7-9-20)25(26)10-12-30(23(25)32)21(22(31)29-35)5-3-4-11-27-24(33)34;2*3-2(4,5)1(6)7/h6-9,13-14,21,27,35H,3-5,10-12,15,26H2,1-2H3,(H,29,31)(H,33,34);2*(H,6,7). The molecule has 1 aromatic carbocycles. The van der Waals surface area contributed by atoms with Crippen LogP contribution in [0.4, 0.5) is 31.1 Å². The number of hydroxylamine groups is 1. The van der Waals surface area contributed by atoms with E-state index in [0.717, 1.165) is 17.0 Å². The number of rotatable bonds is 11. The number of aromatic nitrogens is 1. The smallest absolute Gasteiger partial charge is 0.489 e. The van der Waals surface area contributed by atoms with E-state index >= 15 is 0 Å². The molecule has 0 aliphatic carbocycles. The van der Waals surface area contributed by atoms with E-state index in [2.05, 4.69) is 10.3 Å². The minimum atomic E-state index is -5.08. The lowest BCUT2D eigenvalue weighted by molar-refractivity contribution is -0.193. The zero-order chi connectivity index (χ0) is 38.4. The third-order valence-electron chi connectivity index (χ3n) is 6.76. The molecule has 8 N–H and O–H groups in total. The first-order valence-corrected chi connectivity index (χ1v) is 14.3. The van der Waals surface area contributed by atoms with Crippen LogP contribution < -0.4 is 21.3 Å². The number of aliphatic carboxylic acids is 2. The molecule has 2 aromatic rings. The Balaban J connectivity index is 0.000000748. The Morgan fingerprint density at radius 2 is 1.46 bits per heavy atom. The molecule has 3 amide bonds. The summed E-state index contributed by atoms with van der Waals surface area (Å²) in [7, 11) is 0. The summed E-state index contributed by atoms with van der Waals surface area (Å²) in [6.07, 6.45) is -9.77. The molecule has 0 radical (unpaired) electrons. The van der Waals surface area contributed by atoms with E-state index in [1.54, 1.807) is 29.7 Å². The van der Waals surface area contributed by atoms with Gasteiger partial charge in [-0.3, -0.25) is 19.8 Å². The van der Waals surface area contributed by atoms with Crippen molar-refractivity contribution in [2.75, 3.05) is 13.1 Å². The molecule has 15 nitrogen and oxygen atoms in total. The number of alkyl halides is 6. The summed E-state index contributed by atoms with van der Waals surface area (Å²) in [4.78, 5) is 59.8. The first-order chi connectivity index (χ1) is 23.0. The van der Waals surface area contributed by atoms with Crippen molar-refractivity contribution < 1.29 is 75.6 Å². The number of carboxylic acid groups (broad SMARTS) is 3. The SMILES string of the molecule is Cc1cc(COc2ccc(C3(N)CCN(C(CCCCNC(=O)O)C(=O)NO)C3=O)cc2)cc(C)n1.O=C(O)C(F)(F)F.O=C(O)C(F)(F)F. The van der Waals surface area contributed by atoms with E-state index in [4.69, 9.17) is 35.4 Å². The molecule has 1 fully saturated rings. The van der Waals surface area contributed by atoms with Crippen LogP contribution in [0.3, 0.4) is 0 Å². The molecule has 278 valence electrons. The highest BCUT2D eigenvalue weighted by molar-refractivity contribution is 5.94. The minimum absolute atomic E-state index is 0.229. The van der Waals surface area contributed by atoms with Crippen LogP contribution in [0.2, 0.25) is 0 Å². The Morgan fingerprint density at radius 3 is 1.90 bits per heavy atom. The summed E-state index contributed by atoms with van der Waals surface area (Å²) in [5.74, 6) is -6.00. The van der Waals surface area contributed by atoms with E-state index in [-0.39, 0.29) is 19.5 Å². The van der Waals surface area contributed by atoms with Gasteiger partial charge in [-0.25, -0.2) is 19.9 Å². The van der Waals surface area contributed by atoms with Gasteiger partial charge in [-0.2, -0.15) is 26.3 Å². The predicted octanol–water partition coefficient (Wildman–Crippen LogP) is 3.24. The second-order valence-corrected chi connectivity index (χ2v) is 10.6. The fourth-order valence-corrected chi connectivity index (χ4v) is 4.51. The number of halogens is 6. The van der Waals surface area contributed by atoms with Crippen molar-refractivity contribution in [3.63, 3.8) is 0 Å². The number of nitrogens with two attached hydrogens (primary N) is 1. The summed E-state index contributed by atoms with van der Waals surface area (Å²) < 4.78 is 69.3. The number of aryl methyl sites for hydroxylation is 2. The summed E-state index contributed by atoms with van der Waals surface area (Å²) >= 11 is 0. The van der Waals surface area contributed by atoms with Gasteiger partial charge >= 0.3 is 30.4 Å². The van der Waals surface area contributed by atoms with Crippen LogP contribution in [0.1, 0.15) is 48.2 Å². The average molecular weight is 728 g/mol. The molecule has 1 aliphatic heterocycles. The first-order valence-electron chi connectivity index (χ1n) is 14.3. The number of hydrogen-bond donors (Lipinski definition) is 7. The van der Waals surface area contributed by atoms with Gasteiger partial charge in [-0.1, -0.05) is 12.1 Å². The van der Waals surface area contributed by atoms with E-state index in [9.17, 15) is 45.9 Å². The lowest BCUT2D eigenvalue weighted by Gasteiger charge is -2.29. The second kappa shape index (κ2) is 18.5. The third-order valence-corrected chi connectivity index (χ3v) is 6.76. The zero-order valence-electron chi connectivity index (χ0n) is 26.5. The van der Waals surface area contributed by atoms with E-state index in [0.29, 0.717) is 37.2 Å². The van der Waals surface area contributed by atoms with Gasteiger partial charge < -0.3 is 36.0 Å². The van der Waals surface area contributed by atoms with Gasteiger partial charge in [0, 0.05) is 24.5 Å². The average Bonchev–Trinajstić information content (AvgIpc) is 3.31. The molecule has 0 spiro atoms. The van der Waals surface area contributed by atoms with Crippen LogP contribution in [0.25, 0.3) is 0 Å². The molecule has 2 atom stereocenters. The molecule has 50 heavy (non-hydrogen) atoms. The molecule has 2 unspecified atom stereocenters. The molecule has 0 saturated carbocycles. The fraction of sp³-hybridized carbons (Fsp3) is 0.448. The number of pyridine rings is 1. The van der Waals surface area contributed by atoms with Crippen molar-refractivity contribution in [3.8, 4) is 5.75 Å². The number of amides is 3. The molecular weight excluding hydrogens is 692 g/mol. The van der Waals surface area contributed by atoms with Gasteiger partial charge in [-0.05, 0) is 74.9 Å². The Labute approximate surface area is 280 Å². The van der Waals surface area contributed by atoms with Gasteiger partial charge in [0.25, 0.3) is 5.91 Å². The number of carbonyl (C=O) groups excluding carboxylic acids is 2. The Kier molecular flexibility index (Phi) is 15.9. The van der Waals surface area contributed by atoms with Gasteiger partial charge in [0.05, 0.1) is 0 Å². The molecule has 1 saturated heterocycles. The highest BCUT2D eigenvalue weighted by Crippen LogP contribution is 2.34. The minimum Gasteiger partial charge on any atom is -0.489 e. The number of ether oxygens (including phenoxy) is 1. The quantitative estimate of drug-likeness (QED) is 0.0764. The Morgan fingerprint density at radius 1 is 0.960 bits per heavy atom. The van der Waals surface area contributed by atoms with E-state index in [1.807, 2.05) is 26.0 Å². The number of unbranched alkanes of at least 4 members (excludes halogenated alkanes) is 1. The Bertz CT molecular complexity index is 1450. The summed E-state index contributed by atoms with van der Waals surface area (Å²) in [5, 5.41) is 34.4. The molecule has 3 rings (SSSR count). The van der Waals surface area contributed by atoms with Crippen molar-refractivity contribution >= 4 is 29.8 Å². The maximum atomic E-state index is 13.3. The lowest BCUT2D eigenvalue weighted by Crippen LogP contribution is -2.52. The molecule has 1 aromatic heterocycles. The topological polar surface area (TPSA) is 242 Å². The van der Waals surface area contributed by atoms with E-state index in [1.165, 1.54) is 4.90 Å².